The van der Waals surface area contributed by atoms with E-state index in [1.165, 1.54) is 0 Å². The van der Waals surface area contributed by atoms with Crippen LogP contribution in [0.15, 0.2) is 34.9 Å². The van der Waals surface area contributed by atoms with Crippen LogP contribution >= 0.6 is 11.6 Å². The summed E-state index contributed by atoms with van der Waals surface area (Å²) >= 11 is 5.97. The number of nitrogens with one attached hydrogen (secondary N) is 1. The van der Waals surface area contributed by atoms with Crippen molar-refractivity contribution in [2.75, 3.05) is 13.2 Å². The van der Waals surface area contributed by atoms with Crippen molar-refractivity contribution in [2.24, 2.45) is 0 Å². The van der Waals surface area contributed by atoms with Crippen LogP contribution in [-0.4, -0.2) is 29.3 Å². The fourth-order valence-corrected chi connectivity index (χ4v) is 1.97. The third-order valence-electron chi connectivity index (χ3n) is 2.94. The summed E-state index contributed by atoms with van der Waals surface area (Å²) in [5, 5.41) is 13.6. The molecule has 1 aromatic carbocycles. The number of benzene rings is 1. The van der Waals surface area contributed by atoms with E-state index < -0.39 is 6.10 Å². The van der Waals surface area contributed by atoms with Gasteiger partial charge in [-0.2, -0.15) is 0 Å². The summed E-state index contributed by atoms with van der Waals surface area (Å²) in [4.78, 5) is 4.14. The molecule has 1 heterocycles. The lowest BCUT2D eigenvalue weighted by Gasteiger charge is -2.16. The second-order valence-electron chi connectivity index (χ2n) is 4.83. The van der Waals surface area contributed by atoms with Gasteiger partial charge in [-0.3, -0.25) is 0 Å². The van der Waals surface area contributed by atoms with Gasteiger partial charge in [-0.05, 0) is 26.0 Å². The SMILES string of the molecule is Cc1cnc(C(C)NCC(O)COc2ccccc2Cl)o1. The quantitative estimate of drug-likeness (QED) is 0.823. The zero-order valence-corrected chi connectivity index (χ0v) is 12.8. The molecule has 114 valence electrons. The van der Waals surface area contributed by atoms with Crippen LogP contribution in [0.5, 0.6) is 5.75 Å². The molecule has 0 bridgehead atoms. The number of rotatable bonds is 7. The normalized spacial score (nSPS) is 13.9. The molecule has 2 rings (SSSR count). The van der Waals surface area contributed by atoms with Crippen molar-refractivity contribution in [3.63, 3.8) is 0 Å². The summed E-state index contributed by atoms with van der Waals surface area (Å²) in [6.07, 6.45) is 1.02. The highest BCUT2D eigenvalue weighted by atomic mass is 35.5. The van der Waals surface area contributed by atoms with Gasteiger partial charge in [0.15, 0.2) is 0 Å². The minimum Gasteiger partial charge on any atom is -0.489 e. The molecule has 2 aromatic rings. The number of hydrogen-bond donors (Lipinski definition) is 2. The van der Waals surface area contributed by atoms with Gasteiger partial charge in [-0.15, -0.1) is 0 Å². The topological polar surface area (TPSA) is 67.5 Å². The molecular weight excluding hydrogens is 292 g/mol. The Labute approximate surface area is 128 Å². The Balaban J connectivity index is 1.75. The van der Waals surface area contributed by atoms with Crippen molar-refractivity contribution in [1.29, 1.82) is 0 Å². The molecule has 0 aliphatic carbocycles. The number of aryl methyl sites for hydroxylation is 1. The van der Waals surface area contributed by atoms with Gasteiger partial charge < -0.3 is 19.6 Å². The van der Waals surface area contributed by atoms with Crippen molar-refractivity contribution in [3.05, 3.63) is 47.1 Å². The van der Waals surface area contributed by atoms with Crippen LogP contribution in [0.2, 0.25) is 5.02 Å². The van der Waals surface area contributed by atoms with Crippen molar-refractivity contribution in [2.45, 2.75) is 26.0 Å². The smallest absolute Gasteiger partial charge is 0.211 e. The first kappa shape index (κ1) is 15.8. The van der Waals surface area contributed by atoms with Crippen molar-refractivity contribution >= 4 is 11.6 Å². The van der Waals surface area contributed by atoms with Gasteiger partial charge in [0, 0.05) is 6.54 Å². The number of hydrogen-bond acceptors (Lipinski definition) is 5. The van der Waals surface area contributed by atoms with E-state index in [0.29, 0.717) is 23.2 Å². The highest BCUT2D eigenvalue weighted by Gasteiger charge is 2.13. The van der Waals surface area contributed by atoms with E-state index in [4.69, 9.17) is 20.8 Å². The third-order valence-corrected chi connectivity index (χ3v) is 3.25. The lowest BCUT2D eigenvalue weighted by Crippen LogP contribution is -2.33. The Hall–Kier alpha value is -1.56. The van der Waals surface area contributed by atoms with Crippen LogP contribution in [0, 0.1) is 6.92 Å². The van der Waals surface area contributed by atoms with E-state index in [0.717, 1.165) is 5.76 Å². The molecule has 2 N–H and O–H groups in total. The number of ether oxygens (including phenoxy) is 1. The molecular formula is C15H19ClN2O3. The van der Waals surface area contributed by atoms with E-state index in [9.17, 15) is 5.11 Å². The van der Waals surface area contributed by atoms with Crippen molar-refractivity contribution in [1.82, 2.24) is 10.3 Å². The van der Waals surface area contributed by atoms with E-state index in [2.05, 4.69) is 10.3 Å². The molecule has 0 saturated heterocycles. The molecule has 2 atom stereocenters. The zero-order valence-electron chi connectivity index (χ0n) is 12.0. The fourth-order valence-electron chi connectivity index (χ4n) is 1.78. The van der Waals surface area contributed by atoms with Crippen LogP contribution in [-0.2, 0) is 0 Å². The molecule has 6 heteroatoms. The summed E-state index contributed by atoms with van der Waals surface area (Å²) in [7, 11) is 0. The molecule has 2 unspecified atom stereocenters. The van der Waals surface area contributed by atoms with E-state index in [-0.39, 0.29) is 12.6 Å². The number of para-hydroxylation sites is 1. The lowest BCUT2D eigenvalue weighted by atomic mass is 10.3. The Kier molecular flexibility index (Phi) is 5.61. The number of oxazole rings is 1. The summed E-state index contributed by atoms with van der Waals surface area (Å²) in [6, 6.07) is 7.09. The largest absolute Gasteiger partial charge is 0.489 e. The summed E-state index contributed by atoms with van der Waals surface area (Å²) in [5.74, 6) is 1.93. The number of aliphatic hydroxyl groups is 1. The van der Waals surface area contributed by atoms with Crippen LogP contribution < -0.4 is 10.1 Å². The predicted octanol–water partition coefficient (Wildman–Crippen LogP) is 2.73. The van der Waals surface area contributed by atoms with E-state index in [1.54, 1.807) is 18.3 Å². The molecule has 0 radical (unpaired) electrons. The maximum atomic E-state index is 9.92. The molecule has 0 fully saturated rings. The second kappa shape index (κ2) is 7.45. The molecule has 0 saturated carbocycles. The highest BCUT2D eigenvalue weighted by Crippen LogP contribution is 2.23. The Morgan fingerprint density at radius 3 is 2.86 bits per heavy atom. The van der Waals surface area contributed by atoms with Gasteiger partial charge >= 0.3 is 0 Å². The van der Waals surface area contributed by atoms with Crippen LogP contribution in [0.25, 0.3) is 0 Å². The fraction of sp³-hybridized carbons (Fsp3) is 0.400. The number of aliphatic hydroxyl groups excluding tert-OH is 1. The first-order valence-electron chi connectivity index (χ1n) is 6.77. The van der Waals surface area contributed by atoms with Gasteiger partial charge in [-0.1, -0.05) is 23.7 Å². The van der Waals surface area contributed by atoms with Crippen LogP contribution in [0.4, 0.5) is 0 Å². The lowest BCUT2D eigenvalue weighted by molar-refractivity contribution is 0.103. The van der Waals surface area contributed by atoms with Crippen LogP contribution in [0.1, 0.15) is 24.6 Å². The van der Waals surface area contributed by atoms with E-state index in [1.807, 2.05) is 26.0 Å². The zero-order chi connectivity index (χ0) is 15.2. The van der Waals surface area contributed by atoms with Crippen molar-refractivity contribution < 1.29 is 14.3 Å². The predicted molar refractivity (Wildman–Crippen MR) is 80.6 cm³/mol. The standard InChI is InChI=1S/C15H19ClN2O3/c1-10-7-18-15(21-10)11(2)17-8-12(19)9-20-14-6-4-3-5-13(14)16/h3-7,11-12,17,19H,8-9H2,1-2H3. The maximum absolute atomic E-state index is 9.92. The average molecular weight is 311 g/mol. The highest BCUT2D eigenvalue weighted by molar-refractivity contribution is 6.32. The molecule has 0 spiro atoms. The first-order chi connectivity index (χ1) is 10.1. The number of halogens is 1. The Bertz CT molecular complexity index is 574. The molecule has 0 aliphatic heterocycles. The third kappa shape index (κ3) is 4.74. The molecule has 5 nitrogen and oxygen atoms in total. The minimum atomic E-state index is -0.653. The second-order valence-corrected chi connectivity index (χ2v) is 5.24. The molecule has 0 amide bonds. The Morgan fingerprint density at radius 2 is 2.19 bits per heavy atom. The summed E-state index contributed by atoms with van der Waals surface area (Å²) in [5.41, 5.74) is 0. The van der Waals surface area contributed by atoms with Gasteiger partial charge in [-0.25, -0.2) is 4.98 Å². The van der Waals surface area contributed by atoms with Crippen molar-refractivity contribution in [3.8, 4) is 5.75 Å². The number of nitrogens with zero attached hydrogens (tertiary/aromatic N) is 1. The monoisotopic (exact) mass is 310 g/mol. The minimum absolute atomic E-state index is 0.0753. The average Bonchev–Trinajstić information content (AvgIpc) is 2.90. The van der Waals surface area contributed by atoms with E-state index >= 15 is 0 Å². The van der Waals surface area contributed by atoms with Gasteiger partial charge in [0.05, 0.1) is 17.3 Å². The van der Waals surface area contributed by atoms with Crippen LogP contribution in [0.3, 0.4) is 0 Å². The summed E-state index contributed by atoms with van der Waals surface area (Å²) < 4.78 is 10.9. The molecule has 1 aromatic heterocycles. The van der Waals surface area contributed by atoms with Gasteiger partial charge in [0.1, 0.15) is 24.2 Å². The first-order valence-corrected chi connectivity index (χ1v) is 7.15. The Morgan fingerprint density at radius 1 is 1.43 bits per heavy atom. The summed E-state index contributed by atoms with van der Waals surface area (Å²) in [6.45, 7) is 4.30. The molecule has 0 aliphatic rings. The molecule has 21 heavy (non-hydrogen) atoms. The van der Waals surface area contributed by atoms with Gasteiger partial charge in [0.2, 0.25) is 5.89 Å². The van der Waals surface area contributed by atoms with Gasteiger partial charge in [0.25, 0.3) is 0 Å². The maximum Gasteiger partial charge on any atom is 0.211 e. The number of aromatic nitrogens is 1.